The van der Waals surface area contributed by atoms with E-state index in [4.69, 9.17) is 0 Å². The van der Waals surface area contributed by atoms with Crippen LogP contribution < -0.4 is 4.74 Å². The third-order valence-electron chi connectivity index (χ3n) is 1.58. The summed E-state index contributed by atoms with van der Waals surface area (Å²) in [6.45, 7) is 0. The highest BCUT2D eigenvalue weighted by Gasteiger charge is 2.21. The lowest BCUT2D eigenvalue weighted by Crippen LogP contribution is -1.99. The molecule has 0 unspecified atom stereocenters. The molecule has 0 aliphatic heterocycles. The molecule has 0 bridgehead atoms. The number of ether oxygens (including phenoxy) is 1. The van der Waals surface area contributed by atoms with E-state index < -0.39 is 12.0 Å². The van der Waals surface area contributed by atoms with Crippen LogP contribution in [-0.4, -0.2) is 18.4 Å². The summed E-state index contributed by atoms with van der Waals surface area (Å²) in [6, 6.07) is 0. The predicted molar refractivity (Wildman–Crippen MR) is 48.8 cm³/mol. The molecule has 1 rings (SSSR count). The van der Waals surface area contributed by atoms with Crippen molar-refractivity contribution in [2.45, 2.75) is 6.43 Å². The minimum atomic E-state index is -2.74. The molecule has 0 amide bonds. The zero-order valence-electron chi connectivity index (χ0n) is 7.13. The van der Waals surface area contributed by atoms with Crippen molar-refractivity contribution in [1.82, 2.24) is 4.98 Å². The van der Waals surface area contributed by atoms with E-state index in [-0.39, 0.29) is 15.9 Å². The van der Waals surface area contributed by atoms with E-state index in [2.05, 4.69) is 25.7 Å². The van der Waals surface area contributed by atoms with E-state index in [9.17, 15) is 13.6 Å². The molecule has 0 fully saturated rings. The summed E-state index contributed by atoms with van der Waals surface area (Å²) in [5, 5.41) is 0. The van der Waals surface area contributed by atoms with Crippen molar-refractivity contribution in [2.24, 2.45) is 0 Å². The summed E-state index contributed by atoms with van der Waals surface area (Å²) < 4.78 is 29.7. The minimum absolute atomic E-state index is 0.0225. The summed E-state index contributed by atoms with van der Waals surface area (Å²) in [5.41, 5.74) is -0.335. The van der Waals surface area contributed by atoms with Crippen LogP contribution >= 0.6 is 15.9 Å². The molecule has 0 N–H and O–H groups in total. The van der Waals surface area contributed by atoms with Gasteiger partial charge in [-0.15, -0.1) is 0 Å². The van der Waals surface area contributed by atoms with Crippen molar-refractivity contribution in [3.8, 4) is 5.88 Å². The first-order chi connectivity index (χ1) is 6.61. The van der Waals surface area contributed by atoms with Crippen LogP contribution in [0.2, 0.25) is 0 Å². The molecule has 76 valence electrons. The van der Waals surface area contributed by atoms with Gasteiger partial charge in [-0.05, 0) is 15.9 Å². The number of halogens is 3. The Labute approximate surface area is 87.2 Å². The maximum absolute atomic E-state index is 12.5. The second-order valence-electron chi connectivity index (χ2n) is 2.37. The van der Waals surface area contributed by atoms with Crippen LogP contribution in [0, 0.1) is 0 Å². The molecule has 6 heteroatoms. The number of aromatic nitrogens is 1. The van der Waals surface area contributed by atoms with E-state index in [0.717, 1.165) is 0 Å². The number of aldehydes is 1. The molecule has 0 spiro atoms. The monoisotopic (exact) mass is 265 g/mol. The Kier molecular flexibility index (Phi) is 3.51. The number of rotatable bonds is 3. The van der Waals surface area contributed by atoms with Crippen LogP contribution in [0.1, 0.15) is 22.3 Å². The summed E-state index contributed by atoms with van der Waals surface area (Å²) in [6.07, 6.45) is -1.13. The molecular formula is C8H6BrF2NO2. The molecule has 0 aliphatic rings. The smallest absolute Gasteiger partial charge is 0.270 e. The first-order valence-electron chi connectivity index (χ1n) is 3.57. The van der Waals surface area contributed by atoms with Gasteiger partial charge in [-0.1, -0.05) is 0 Å². The first-order valence-corrected chi connectivity index (χ1v) is 4.36. The van der Waals surface area contributed by atoms with Crippen LogP contribution in [-0.2, 0) is 0 Å². The van der Waals surface area contributed by atoms with E-state index in [1.807, 2.05) is 0 Å². The number of pyridine rings is 1. The number of methoxy groups -OCH3 is 1. The highest BCUT2D eigenvalue weighted by atomic mass is 79.9. The van der Waals surface area contributed by atoms with Gasteiger partial charge in [-0.25, -0.2) is 13.8 Å². The zero-order chi connectivity index (χ0) is 10.7. The molecule has 0 radical (unpaired) electrons. The van der Waals surface area contributed by atoms with Crippen molar-refractivity contribution >= 4 is 22.2 Å². The van der Waals surface area contributed by atoms with Gasteiger partial charge in [-0.2, -0.15) is 0 Å². The van der Waals surface area contributed by atoms with Crippen LogP contribution in [0.15, 0.2) is 10.7 Å². The molecular weight excluding hydrogens is 260 g/mol. The van der Waals surface area contributed by atoms with Gasteiger partial charge in [0, 0.05) is 16.2 Å². The summed E-state index contributed by atoms with van der Waals surface area (Å²) in [4.78, 5) is 14.0. The molecule has 3 nitrogen and oxygen atoms in total. The van der Waals surface area contributed by atoms with Gasteiger partial charge in [0.2, 0.25) is 5.88 Å². The fourth-order valence-corrected chi connectivity index (χ4v) is 1.48. The third-order valence-corrected chi connectivity index (χ3v) is 2.46. The maximum Gasteiger partial charge on any atom is 0.270 e. The van der Waals surface area contributed by atoms with Crippen LogP contribution in [0.3, 0.4) is 0 Å². The van der Waals surface area contributed by atoms with E-state index in [0.29, 0.717) is 6.29 Å². The molecule has 0 saturated carbocycles. The molecule has 1 heterocycles. The SMILES string of the molecule is COc1ncc(C=O)c(Br)c1C(F)F. The fourth-order valence-electron chi connectivity index (χ4n) is 0.938. The molecule has 0 aliphatic carbocycles. The van der Waals surface area contributed by atoms with Gasteiger partial charge in [0.1, 0.15) is 0 Å². The van der Waals surface area contributed by atoms with Gasteiger partial charge in [0.25, 0.3) is 6.43 Å². The Hall–Kier alpha value is -1.04. The summed E-state index contributed by atoms with van der Waals surface area (Å²) in [5.74, 6) is -0.183. The van der Waals surface area contributed by atoms with E-state index >= 15 is 0 Å². The second kappa shape index (κ2) is 4.45. The van der Waals surface area contributed by atoms with Crippen LogP contribution in [0.4, 0.5) is 8.78 Å². The normalized spacial score (nSPS) is 10.4. The lowest BCUT2D eigenvalue weighted by Gasteiger charge is -2.09. The molecule has 0 saturated heterocycles. The Morgan fingerprint density at radius 3 is 2.71 bits per heavy atom. The van der Waals surface area contributed by atoms with Crippen LogP contribution in [0.25, 0.3) is 0 Å². The Bertz CT molecular complexity index is 357. The number of alkyl halides is 2. The molecule has 0 atom stereocenters. The van der Waals surface area contributed by atoms with Gasteiger partial charge in [-0.3, -0.25) is 4.79 Å². The number of hydrogen-bond donors (Lipinski definition) is 0. The van der Waals surface area contributed by atoms with Gasteiger partial charge in [0.05, 0.1) is 12.7 Å². The molecule has 1 aromatic rings. The number of carbonyl (C=O) groups excluding carboxylic acids is 1. The second-order valence-corrected chi connectivity index (χ2v) is 3.16. The topological polar surface area (TPSA) is 39.2 Å². The van der Waals surface area contributed by atoms with Crippen molar-refractivity contribution in [3.05, 3.63) is 21.8 Å². The highest BCUT2D eigenvalue weighted by Crippen LogP contribution is 2.35. The molecule has 14 heavy (non-hydrogen) atoms. The Morgan fingerprint density at radius 2 is 2.29 bits per heavy atom. The first kappa shape index (κ1) is 11.0. The van der Waals surface area contributed by atoms with E-state index in [1.165, 1.54) is 13.3 Å². The summed E-state index contributed by atoms with van der Waals surface area (Å²) >= 11 is 2.90. The minimum Gasteiger partial charge on any atom is -0.481 e. The molecule has 0 aromatic carbocycles. The Balaban J connectivity index is 3.38. The predicted octanol–water partition coefficient (Wildman–Crippen LogP) is 2.60. The van der Waals surface area contributed by atoms with Crippen LogP contribution in [0.5, 0.6) is 5.88 Å². The number of hydrogen-bond acceptors (Lipinski definition) is 3. The van der Waals surface area contributed by atoms with Gasteiger partial charge < -0.3 is 4.74 Å². The number of carbonyl (C=O) groups is 1. The van der Waals surface area contributed by atoms with Crippen molar-refractivity contribution in [2.75, 3.05) is 7.11 Å². The largest absolute Gasteiger partial charge is 0.481 e. The third kappa shape index (κ3) is 1.89. The molecule has 1 aromatic heterocycles. The average molecular weight is 266 g/mol. The zero-order valence-corrected chi connectivity index (χ0v) is 8.72. The maximum atomic E-state index is 12.5. The standard InChI is InChI=1S/C8H6BrF2NO2/c1-14-8-5(7(10)11)6(9)4(3-13)2-12-8/h2-3,7H,1H3. The van der Waals surface area contributed by atoms with Crippen molar-refractivity contribution in [1.29, 1.82) is 0 Å². The van der Waals surface area contributed by atoms with Crippen molar-refractivity contribution in [3.63, 3.8) is 0 Å². The van der Waals surface area contributed by atoms with Crippen molar-refractivity contribution < 1.29 is 18.3 Å². The summed E-state index contributed by atoms with van der Waals surface area (Å²) in [7, 11) is 1.24. The average Bonchev–Trinajstić information content (AvgIpc) is 2.16. The lowest BCUT2D eigenvalue weighted by molar-refractivity contribution is 0.112. The lowest BCUT2D eigenvalue weighted by atomic mass is 10.2. The van der Waals surface area contributed by atoms with E-state index in [1.54, 1.807) is 0 Å². The fraction of sp³-hybridized carbons (Fsp3) is 0.250. The van der Waals surface area contributed by atoms with Gasteiger partial charge >= 0.3 is 0 Å². The number of nitrogens with zero attached hydrogens (tertiary/aromatic N) is 1. The quantitative estimate of drug-likeness (QED) is 0.789. The highest BCUT2D eigenvalue weighted by molar-refractivity contribution is 9.10. The van der Waals surface area contributed by atoms with Gasteiger partial charge in [0.15, 0.2) is 6.29 Å². The Morgan fingerprint density at radius 1 is 1.64 bits per heavy atom.